The minimum atomic E-state index is -4.71. The first-order valence-electron chi connectivity index (χ1n) is 5.07. The first kappa shape index (κ1) is 14.5. The van der Waals surface area contributed by atoms with Crippen LogP contribution in [0.1, 0.15) is 12.8 Å². The van der Waals surface area contributed by atoms with Crippen LogP contribution in [0, 0.1) is 11.8 Å². The summed E-state index contributed by atoms with van der Waals surface area (Å²) in [6, 6.07) is 0. The minimum absolute atomic E-state index is 0. The average molecular weight is 247 g/mol. The number of aliphatic hydroxyl groups is 1. The van der Waals surface area contributed by atoms with Crippen molar-refractivity contribution in [2.45, 2.75) is 18.9 Å². The van der Waals surface area contributed by atoms with Crippen molar-refractivity contribution in [2.24, 2.45) is 11.8 Å². The molecule has 2 aliphatic rings. The number of hydrogen-bond acceptors (Lipinski definition) is 2. The molecule has 0 radical (unpaired) electrons. The molecular weight excluding hydrogens is 233 g/mol. The number of nitrogens with zero attached hydrogens (tertiary/aromatic N) is 1. The fourth-order valence-electron chi connectivity index (χ4n) is 2.77. The van der Waals surface area contributed by atoms with Crippen molar-refractivity contribution in [2.75, 3.05) is 19.5 Å². The molecule has 1 aliphatic heterocycles. The third-order valence-electron chi connectivity index (χ3n) is 3.36. The molecule has 1 saturated carbocycles. The number of rotatable bonds is 2. The van der Waals surface area contributed by atoms with Crippen LogP contribution in [0.5, 0.6) is 0 Å². The van der Waals surface area contributed by atoms with E-state index in [4.69, 9.17) is 0 Å². The van der Waals surface area contributed by atoms with Gasteiger partial charge in [0.15, 0.2) is 0 Å². The fourth-order valence-corrected chi connectivity index (χ4v) is 2.77. The molecule has 0 aromatic heterocycles. The van der Waals surface area contributed by atoms with Crippen LogP contribution in [0.2, 0.25) is 0 Å². The maximum absolute atomic E-state index is 12.1. The Bertz CT molecular complexity index is 228. The molecule has 1 saturated heterocycles. The van der Waals surface area contributed by atoms with Gasteiger partial charge in [-0.25, -0.2) is 0 Å². The zero-order valence-corrected chi connectivity index (χ0v) is 12.0. The van der Waals surface area contributed by atoms with Crippen molar-refractivity contribution in [1.82, 2.24) is 4.90 Å². The predicted octanol–water partition coefficient (Wildman–Crippen LogP) is -1.92. The van der Waals surface area contributed by atoms with E-state index in [0.717, 1.165) is 12.8 Å². The third kappa shape index (κ3) is 3.69. The number of fused-ring (bicyclic) bond motifs is 1. The molecule has 1 N–H and O–H groups in total. The van der Waals surface area contributed by atoms with Crippen LogP contribution in [0.3, 0.4) is 0 Å². The summed E-state index contributed by atoms with van der Waals surface area (Å²) in [4.78, 5) is 1.44. The zero-order chi connectivity index (χ0) is 10.3. The van der Waals surface area contributed by atoms with E-state index in [0.29, 0.717) is 19.0 Å². The number of aliphatic hydroxyl groups excluding tert-OH is 1. The molecule has 3 atom stereocenters. The molecule has 2 fully saturated rings. The second-order valence-electron chi connectivity index (χ2n) is 4.50. The molecule has 0 aromatic rings. The van der Waals surface area contributed by atoms with E-state index in [-0.39, 0.29) is 63.4 Å². The van der Waals surface area contributed by atoms with Gasteiger partial charge in [-0.1, -0.05) is 0 Å². The molecule has 3 unspecified atom stereocenters. The molecule has 0 bridgehead atoms. The van der Waals surface area contributed by atoms with Gasteiger partial charge in [-0.15, -0.1) is 0 Å². The molecule has 0 amide bonds. The summed E-state index contributed by atoms with van der Waals surface area (Å²) in [6.07, 6.45) is 0.512. The van der Waals surface area contributed by atoms with Crippen molar-refractivity contribution in [1.29, 1.82) is 0 Å². The van der Waals surface area contributed by atoms with E-state index < -0.39 is 13.4 Å². The Kier molecular flexibility index (Phi) is 5.18. The standard InChI is InChI=1S/C8H14BF3NO.K/c10-9(11,12)5-13-3-6-1-2-8(14)7(6)4-13;/h6-8,14H,1-5H2;/q-1;+1. The van der Waals surface area contributed by atoms with Crippen LogP contribution in [0.4, 0.5) is 12.9 Å². The van der Waals surface area contributed by atoms with Crippen LogP contribution in [0.15, 0.2) is 0 Å². The topological polar surface area (TPSA) is 23.5 Å². The fraction of sp³-hybridized carbons (Fsp3) is 1.00. The van der Waals surface area contributed by atoms with Crippen LogP contribution in [0.25, 0.3) is 0 Å². The summed E-state index contributed by atoms with van der Waals surface area (Å²) in [5.74, 6) is 0.385. The Morgan fingerprint density at radius 3 is 2.40 bits per heavy atom. The Morgan fingerprint density at radius 1 is 1.20 bits per heavy atom. The Balaban J connectivity index is 0.00000112. The van der Waals surface area contributed by atoms with Crippen molar-refractivity contribution in [3.63, 3.8) is 0 Å². The molecule has 2 nitrogen and oxygen atoms in total. The second-order valence-corrected chi connectivity index (χ2v) is 4.50. The smallest absolute Gasteiger partial charge is 0.448 e. The maximum Gasteiger partial charge on any atom is 1.00 e. The number of hydrogen-bond donors (Lipinski definition) is 1. The molecule has 0 aromatic carbocycles. The molecule has 1 aliphatic carbocycles. The molecular formula is C8H14BF3KNO. The Morgan fingerprint density at radius 2 is 1.87 bits per heavy atom. The first-order chi connectivity index (χ1) is 6.46. The Labute approximate surface area is 130 Å². The number of halogens is 3. The van der Waals surface area contributed by atoms with Gasteiger partial charge in [0.05, 0.1) is 6.10 Å². The van der Waals surface area contributed by atoms with E-state index in [9.17, 15) is 18.1 Å². The summed E-state index contributed by atoms with van der Waals surface area (Å²) in [6.45, 7) is -3.77. The first-order valence-corrected chi connectivity index (χ1v) is 5.07. The summed E-state index contributed by atoms with van der Waals surface area (Å²) >= 11 is 0. The van der Waals surface area contributed by atoms with Gasteiger partial charge < -0.3 is 23.0 Å². The monoisotopic (exact) mass is 247 g/mol. The molecule has 2 rings (SSSR count). The van der Waals surface area contributed by atoms with Gasteiger partial charge in [0.25, 0.3) is 0 Å². The predicted molar refractivity (Wildman–Crippen MR) is 47.7 cm³/mol. The normalized spacial score (nSPS) is 36.4. The minimum Gasteiger partial charge on any atom is -0.448 e. The SMILES string of the molecule is OC1CCC2CN(C[B-](F)(F)F)CC12.[K+]. The molecule has 15 heavy (non-hydrogen) atoms. The van der Waals surface area contributed by atoms with Crippen molar-refractivity contribution in [3.8, 4) is 0 Å². The van der Waals surface area contributed by atoms with Crippen LogP contribution < -0.4 is 51.4 Å². The number of likely N-dealkylation sites (tertiary alicyclic amines) is 1. The van der Waals surface area contributed by atoms with Gasteiger partial charge in [0.1, 0.15) is 0 Å². The summed E-state index contributed by atoms with van der Waals surface area (Å²) in [5.41, 5.74) is 0. The Hall–Kier alpha value is 1.41. The summed E-state index contributed by atoms with van der Waals surface area (Å²) in [7, 11) is 0. The maximum atomic E-state index is 12.1. The quantitative estimate of drug-likeness (QED) is 0.575. The van der Waals surface area contributed by atoms with Crippen LogP contribution in [-0.2, 0) is 0 Å². The van der Waals surface area contributed by atoms with E-state index in [1.165, 1.54) is 4.90 Å². The van der Waals surface area contributed by atoms with E-state index in [2.05, 4.69) is 0 Å². The van der Waals surface area contributed by atoms with Gasteiger partial charge >= 0.3 is 58.4 Å². The van der Waals surface area contributed by atoms with Gasteiger partial charge in [-0.2, -0.15) is 0 Å². The van der Waals surface area contributed by atoms with E-state index in [1.54, 1.807) is 0 Å². The van der Waals surface area contributed by atoms with Gasteiger partial charge in [-0.05, 0) is 31.7 Å². The largest absolute Gasteiger partial charge is 1.00 e. The van der Waals surface area contributed by atoms with Crippen molar-refractivity contribution < 1.29 is 69.4 Å². The van der Waals surface area contributed by atoms with Crippen LogP contribution >= 0.6 is 0 Å². The zero-order valence-electron chi connectivity index (χ0n) is 8.87. The third-order valence-corrected chi connectivity index (χ3v) is 3.36. The summed E-state index contributed by atoms with van der Waals surface area (Å²) in [5, 5.41) is 9.51. The molecule has 0 spiro atoms. The summed E-state index contributed by atoms with van der Waals surface area (Å²) < 4.78 is 36.4. The second kappa shape index (κ2) is 5.37. The van der Waals surface area contributed by atoms with Gasteiger partial charge in [0, 0.05) is 12.5 Å². The molecule has 1 heterocycles. The van der Waals surface area contributed by atoms with Gasteiger partial charge in [-0.3, -0.25) is 0 Å². The molecule has 82 valence electrons. The van der Waals surface area contributed by atoms with E-state index >= 15 is 0 Å². The van der Waals surface area contributed by atoms with Crippen LogP contribution in [-0.4, -0.2) is 42.6 Å². The van der Waals surface area contributed by atoms with Crippen molar-refractivity contribution in [3.05, 3.63) is 0 Å². The van der Waals surface area contributed by atoms with Gasteiger partial charge in [0.2, 0.25) is 0 Å². The average Bonchev–Trinajstić information content (AvgIpc) is 2.51. The molecule has 7 heteroatoms. The van der Waals surface area contributed by atoms with E-state index in [1.807, 2.05) is 0 Å². The van der Waals surface area contributed by atoms with Crippen molar-refractivity contribution >= 4 is 6.98 Å².